The number of amides is 1. The van der Waals surface area contributed by atoms with Crippen molar-refractivity contribution in [3.8, 4) is 11.3 Å². The second-order valence-electron chi connectivity index (χ2n) is 6.06. The Hall–Kier alpha value is -3.22. The summed E-state index contributed by atoms with van der Waals surface area (Å²) < 4.78 is 1.67. The zero-order chi connectivity index (χ0) is 17.7. The van der Waals surface area contributed by atoms with Gasteiger partial charge in [0.2, 0.25) is 5.91 Å². The molecule has 0 spiro atoms. The average molecular weight is 336 g/mol. The van der Waals surface area contributed by atoms with Gasteiger partial charge in [-0.15, -0.1) is 0 Å². The van der Waals surface area contributed by atoms with Gasteiger partial charge in [-0.1, -0.05) is 13.0 Å². The minimum absolute atomic E-state index is 0.0111. The van der Waals surface area contributed by atoms with Crippen LogP contribution in [0.2, 0.25) is 0 Å². The third-order valence-electron chi connectivity index (χ3n) is 4.53. The zero-order valence-electron chi connectivity index (χ0n) is 13.9. The first-order chi connectivity index (χ1) is 12.0. The van der Waals surface area contributed by atoms with E-state index in [0.29, 0.717) is 24.2 Å². The number of hydrogen-bond acceptors (Lipinski definition) is 4. The molecule has 0 atom stereocenters. The Bertz CT molecular complexity index is 1040. The van der Waals surface area contributed by atoms with E-state index in [1.807, 2.05) is 25.1 Å². The Morgan fingerprint density at radius 3 is 2.80 bits per heavy atom. The number of anilines is 1. The quantitative estimate of drug-likeness (QED) is 0.792. The maximum absolute atomic E-state index is 11.8. The van der Waals surface area contributed by atoms with Crippen LogP contribution in [0.25, 0.3) is 16.9 Å². The third kappa shape index (κ3) is 2.36. The van der Waals surface area contributed by atoms with E-state index in [9.17, 15) is 14.7 Å². The molecule has 0 unspecified atom stereocenters. The summed E-state index contributed by atoms with van der Waals surface area (Å²) in [6.45, 7) is 1.94. The highest BCUT2D eigenvalue weighted by Crippen LogP contribution is 2.32. The van der Waals surface area contributed by atoms with E-state index in [1.54, 1.807) is 28.6 Å². The number of aromatic carboxylic acids is 1. The number of carbonyl (C=O) groups excluding carboxylic acids is 1. The van der Waals surface area contributed by atoms with Crippen LogP contribution in [0, 0.1) is 0 Å². The van der Waals surface area contributed by atoms with Gasteiger partial charge in [0.1, 0.15) is 0 Å². The van der Waals surface area contributed by atoms with Gasteiger partial charge in [0, 0.05) is 30.1 Å². The van der Waals surface area contributed by atoms with E-state index in [0.717, 1.165) is 22.5 Å². The maximum Gasteiger partial charge on any atom is 0.354 e. The summed E-state index contributed by atoms with van der Waals surface area (Å²) in [5.74, 6) is -0.984. The normalized spacial score (nSPS) is 13.5. The van der Waals surface area contributed by atoms with Crippen LogP contribution < -0.4 is 4.90 Å². The molecule has 7 heteroatoms. The fraction of sp³-hybridized carbons (Fsp3) is 0.222. The Morgan fingerprint density at radius 2 is 2.08 bits per heavy atom. The third-order valence-corrected chi connectivity index (χ3v) is 4.53. The number of fused-ring (bicyclic) bond motifs is 2. The molecule has 4 rings (SSSR count). The second-order valence-corrected chi connectivity index (χ2v) is 6.06. The highest BCUT2D eigenvalue weighted by atomic mass is 16.4. The highest BCUT2D eigenvalue weighted by molar-refractivity contribution is 6.01. The number of carboxylic acid groups (broad SMARTS) is 1. The number of benzene rings is 1. The lowest BCUT2D eigenvalue weighted by Crippen LogP contribution is -2.20. The number of likely N-dealkylation sites (N-methyl/N-ethyl adjacent to an activating group) is 1. The van der Waals surface area contributed by atoms with Crippen LogP contribution in [-0.2, 0) is 17.6 Å². The van der Waals surface area contributed by atoms with Crippen molar-refractivity contribution < 1.29 is 14.7 Å². The monoisotopic (exact) mass is 336 g/mol. The molecule has 0 bridgehead atoms. The fourth-order valence-electron chi connectivity index (χ4n) is 3.17. The van der Waals surface area contributed by atoms with Gasteiger partial charge in [0.25, 0.3) is 0 Å². The Balaban J connectivity index is 1.84. The van der Waals surface area contributed by atoms with Crippen molar-refractivity contribution in [1.29, 1.82) is 0 Å². The number of aromatic nitrogens is 3. The first kappa shape index (κ1) is 15.3. The van der Waals surface area contributed by atoms with Crippen molar-refractivity contribution in [3.05, 3.63) is 47.3 Å². The van der Waals surface area contributed by atoms with E-state index < -0.39 is 5.97 Å². The van der Waals surface area contributed by atoms with Crippen molar-refractivity contribution in [3.63, 3.8) is 0 Å². The predicted molar refractivity (Wildman–Crippen MR) is 91.9 cm³/mol. The van der Waals surface area contributed by atoms with Gasteiger partial charge in [0.05, 0.1) is 12.1 Å². The number of rotatable bonds is 3. The van der Waals surface area contributed by atoms with Crippen molar-refractivity contribution in [2.75, 3.05) is 11.9 Å². The standard InChI is InChI=1S/C18H16N4O3/c1-3-12-8-14(18(24)25)19-16-9-13(20-22(12)16)10-4-5-15-11(6-10)7-17(23)21(15)2/h4-6,8-9H,3,7H2,1-2H3,(H,24,25). The van der Waals surface area contributed by atoms with E-state index in [1.165, 1.54) is 0 Å². The molecule has 126 valence electrons. The molecule has 0 saturated heterocycles. The summed E-state index contributed by atoms with van der Waals surface area (Å²) in [5, 5.41) is 13.8. The lowest BCUT2D eigenvalue weighted by molar-refractivity contribution is -0.117. The summed E-state index contributed by atoms with van der Waals surface area (Å²) in [6, 6.07) is 9.11. The molecule has 1 amide bonds. The molecular weight excluding hydrogens is 320 g/mol. The van der Waals surface area contributed by atoms with Crippen molar-refractivity contribution in [2.45, 2.75) is 19.8 Å². The summed E-state index contributed by atoms with van der Waals surface area (Å²) in [6.07, 6.45) is 1.03. The smallest absolute Gasteiger partial charge is 0.354 e. The summed E-state index contributed by atoms with van der Waals surface area (Å²) in [7, 11) is 1.77. The molecule has 1 aliphatic rings. The summed E-state index contributed by atoms with van der Waals surface area (Å²) >= 11 is 0. The maximum atomic E-state index is 11.8. The van der Waals surface area contributed by atoms with E-state index >= 15 is 0 Å². The Kier molecular flexibility index (Phi) is 3.31. The van der Waals surface area contributed by atoms with Crippen molar-refractivity contribution in [1.82, 2.24) is 14.6 Å². The van der Waals surface area contributed by atoms with Crippen LogP contribution in [-0.4, -0.2) is 38.6 Å². The topological polar surface area (TPSA) is 87.8 Å². The van der Waals surface area contributed by atoms with Gasteiger partial charge in [-0.25, -0.2) is 14.3 Å². The van der Waals surface area contributed by atoms with E-state index in [-0.39, 0.29) is 11.6 Å². The first-order valence-corrected chi connectivity index (χ1v) is 8.00. The SMILES string of the molecule is CCc1cc(C(=O)O)nc2cc(-c3ccc4c(c3)CC(=O)N4C)nn12. The Labute approximate surface area is 143 Å². The minimum atomic E-state index is -1.06. The molecule has 1 N–H and O–H groups in total. The molecule has 0 fully saturated rings. The summed E-state index contributed by atoms with van der Waals surface area (Å²) in [4.78, 5) is 28.9. The molecule has 0 aliphatic carbocycles. The van der Waals surface area contributed by atoms with Crippen LogP contribution in [0.15, 0.2) is 30.3 Å². The van der Waals surface area contributed by atoms with Gasteiger partial charge >= 0.3 is 5.97 Å². The van der Waals surface area contributed by atoms with Gasteiger partial charge in [-0.05, 0) is 30.2 Å². The highest BCUT2D eigenvalue weighted by Gasteiger charge is 2.24. The molecule has 2 aromatic heterocycles. The molecular formula is C18H16N4O3. The van der Waals surface area contributed by atoms with Crippen LogP contribution in [0.3, 0.4) is 0 Å². The zero-order valence-corrected chi connectivity index (χ0v) is 13.9. The number of aryl methyl sites for hydroxylation is 1. The van der Waals surface area contributed by atoms with Crippen molar-refractivity contribution >= 4 is 23.2 Å². The lowest BCUT2D eigenvalue weighted by Gasteiger charge is -2.09. The number of carboxylic acids is 1. The molecule has 1 aromatic carbocycles. The van der Waals surface area contributed by atoms with Gasteiger partial charge < -0.3 is 10.0 Å². The predicted octanol–water partition coefficient (Wildman–Crippen LogP) is 2.18. The van der Waals surface area contributed by atoms with Gasteiger partial charge in [-0.2, -0.15) is 5.10 Å². The largest absolute Gasteiger partial charge is 0.477 e. The van der Waals surface area contributed by atoms with Gasteiger partial charge in [-0.3, -0.25) is 4.79 Å². The molecule has 3 heterocycles. The Morgan fingerprint density at radius 1 is 1.28 bits per heavy atom. The fourth-order valence-corrected chi connectivity index (χ4v) is 3.17. The van der Waals surface area contributed by atoms with E-state index in [4.69, 9.17) is 0 Å². The van der Waals surface area contributed by atoms with Crippen LogP contribution in [0.4, 0.5) is 5.69 Å². The first-order valence-electron chi connectivity index (χ1n) is 8.00. The molecule has 3 aromatic rings. The molecule has 7 nitrogen and oxygen atoms in total. The molecule has 25 heavy (non-hydrogen) atoms. The second kappa shape index (κ2) is 5.41. The molecule has 1 aliphatic heterocycles. The van der Waals surface area contributed by atoms with Crippen LogP contribution >= 0.6 is 0 Å². The molecule has 0 radical (unpaired) electrons. The number of hydrogen-bond donors (Lipinski definition) is 1. The minimum Gasteiger partial charge on any atom is -0.477 e. The van der Waals surface area contributed by atoms with Crippen LogP contribution in [0.1, 0.15) is 28.7 Å². The average Bonchev–Trinajstić information content (AvgIpc) is 3.15. The van der Waals surface area contributed by atoms with E-state index in [2.05, 4.69) is 10.1 Å². The number of carbonyl (C=O) groups is 2. The van der Waals surface area contributed by atoms with Crippen LogP contribution in [0.5, 0.6) is 0 Å². The summed E-state index contributed by atoms with van der Waals surface area (Å²) in [5.41, 5.74) is 4.76. The number of nitrogens with zero attached hydrogens (tertiary/aromatic N) is 4. The van der Waals surface area contributed by atoms with Gasteiger partial charge in [0.15, 0.2) is 11.3 Å². The molecule has 0 saturated carbocycles. The lowest BCUT2D eigenvalue weighted by atomic mass is 10.1. The van der Waals surface area contributed by atoms with Crippen molar-refractivity contribution in [2.24, 2.45) is 0 Å².